The minimum Gasteiger partial charge on any atom is -0.464 e. The van der Waals surface area contributed by atoms with Gasteiger partial charge in [-0.15, -0.1) is 0 Å². The van der Waals surface area contributed by atoms with Gasteiger partial charge in [0.2, 0.25) is 5.28 Å². The van der Waals surface area contributed by atoms with Crippen LogP contribution in [0.3, 0.4) is 0 Å². The van der Waals surface area contributed by atoms with Crippen molar-refractivity contribution in [1.82, 2.24) is 9.97 Å². The zero-order valence-electron chi connectivity index (χ0n) is 8.50. The van der Waals surface area contributed by atoms with E-state index >= 15 is 0 Å². The fourth-order valence-corrected chi connectivity index (χ4v) is 1.11. The summed E-state index contributed by atoms with van der Waals surface area (Å²) in [7, 11) is 0. The minimum atomic E-state index is -1.66. The second-order valence-corrected chi connectivity index (χ2v) is 3.27. The van der Waals surface area contributed by atoms with Crippen LogP contribution in [0.15, 0.2) is 12.4 Å². The average Bonchev–Trinajstić information content (AvgIpc) is 2.28. The van der Waals surface area contributed by atoms with Crippen LogP contribution in [0, 0.1) is 0 Å². The van der Waals surface area contributed by atoms with Crippen LogP contribution in [0.2, 0.25) is 5.28 Å². The van der Waals surface area contributed by atoms with E-state index < -0.39 is 18.2 Å². The second-order valence-electron chi connectivity index (χ2n) is 2.93. The average molecular weight is 247 g/mol. The van der Waals surface area contributed by atoms with Gasteiger partial charge in [-0.25, -0.2) is 14.8 Å². The Morgan fingerprint density at radius 2 is 2.06 bits per heavy atom. The number of hydrogen-bond donors (Lipinski definition) is 2. The molecular weight excluding hydrogens is 236 g/mol. The molecular formula is C9H11ClN2O4. The summed E-state index contributed by atoms with van der Waals surface area (Å²) >= 11 is 5.45. The summed E-state index contributed by atoms with van der Waals surface area (Å²) in [6.45, 7) is 1.72. The lowest BCUT2D eigenvalue weighted by molar-refractivity contribution is -0.159. The van der Waals surface area contributed by atoms with Crippen LogP contribution in [-0.4, -0.2) is 38.9 Å². The minimum absolute atomic E-state index is 0.0153. The molecule has 0 aromatic carbocycles. The van der Waals surface area contributed by atoms with Crippen LogP contribution in [0.25, 0.3) is 0 Å². The molecule has 1 aromatic heterocycles. The quantitative estimate of drug-likeness (QED) is 0.578. The third-order valence-electron chi connectivity index (χ3n) is 1.81. The molecule has 0 saturated carbocycles. The number of rotatable bonds is 4. The van der Waals surface area contributed by atoms with Gasteiger partial charge >= 0.3 is 5.97 Å². The number of carbonyl (C=O) groups is 1. The first kappa shape index (κ1) is 12.8. The maximum atomic E-state index is 11.1. The predicted octanol–water partition coefficient (Wildman–Crippen LogP) is 0.0874. The Labute approximate surface area is 96.9 Å². The Hall–Kier alpha value is -1.24. The van der Waals surface area contributed by atoms with Crippen molar-refractivity contribution in [2.24, 2.45) is 0 Å². The van der Waals surface area contributed by atoms with Crippen molar-refractivity contribution in [3.63, 3.8) is 0 Å². The number of aromatic nitrogens is 2. The summed E-state index contributed by atoms with van der Waals surface area (Å²) in [5.74, 6) is -0.898. The molecule has 0 radical (unpaired) electrons. The lowest BCUT2D eigenvalue weighted by Gasteiger charge is -2.15. The van der Waals surface area contributed by atoms with Crippen LogP contribution in [0.1, 0.15) is 18.6 Å². The zero-order valence-corrected chi connectivity index (χ0v) is 9.26. The molecule has 0 aliphatic rings. The highest BCUT2D eigenvalue weighted by Crippen LogP contribution is 2.16. The van der Waals surface area contributed by atoms with Crippen molar-refractivity contribution < 1.29 is 19.7 Å². The highest BCUT2D eigenvalue weighted by Gasteiger charge is 2.27. The summed E-state index contributed by atoms with van der Waals surface area (Å²) in [6, 6.07) is 0. The van der Waals surface area contributed by atoms with Crippen molar-refractivity contribution >= 4 is 17.6 Å². The Morgan fingerprint density at radius 3 is 2.56 bits per heavy atom. The molecule has 88 valence electrons. The Kier molecular flexibility index (Phi) is 4.60. The largest absolute Gasteiger partial charge is 0.464 e. The van der Waals surface area contributed by atoms with E-state index in [9.17, 15) is 15.0 Å². The first-order valence-electron chi connectivity index (χ1n) is 4.56. The first-order chi connectivity index (χ1) is 7.56. The maximum Gasteiger partial charge on any atom is 0.338 e. The molecule has 0 fully saturated rings. The predicted molar refractivity (Wildman–Crippen MR) is 54.6 cm³/mol. The molecule has 0 aliphatic heterocycles. The highest BCUT2D eigenvalue weighted by molar-refractivity contribution is 6.28. The van der Waals surface area contributed by atoms with Crippen molar-refractivity contribution in [2.45, 2.75) is 19.1 Å². The number of carbonyl (C=O) groups excluding carboxylic acids is 1. The van der Waals surface area contributed by atoms with E-state index in [-0.39, 0.29) is 17.5 Å². The van der Waals surface area contributed by atoms with Crippen LogP contribution in [-0.2, 0) is 9.53 Å². The number of hydrogen-bond acceptors (Lipinski definition) is 6. The Balaban J connectivity index is 2.73. The lowest BCUT2D eigenvalue weighted by atomic mass is 10.1. The number of nitrogens with zero attached hydrogens (tertiary/aromatic N) is 2. The van der Waals surface area contributed by atoms with E-state index in [1.54, 1.807) is 6.92 Å². The van der Waals surface area contributed by atoms with Gasteiger partial charge in [0.25, 0.3) is 0 Å². The maximum absolute atomic E-state index is 11.1. The van der Waals surface area contributed by atoms with E-state index in [0.29, 0.717) is 0 Å². The van der Waals surface area contributed by atoms with E-state index in [1.807, 2.05) is 0 Å². The molecule has 1 heterocycles. The molecule has 0 spiro atoms. The first-order valence-corrected chi connectivity index (χ1v) is 4.94. The van der Waals surface area contributed by atoms with Gasteiger partial charge in [-0.3, -0.25) is 0 Å². The molecule has 7 heteroatoms. The molecule has 2 N–H and O–H groups in total. The van der Waals surface area contributed by atoms with Crippen molar-refractivity contribution in [3.05, 3.63) is 23.2 Å². The standard InChI is InChI=1S/C9H11ClN2O4/c1-2-16-8(15)7(14)6(13)5-3-11-9(10)12-4-5/h3-4,6-7,13-14H,2H2,1H3. The number of aliphatic hydroxyl groups is 2. The Morgan fingerprint density at radius 1 is 1.50 bits per heavy atom. The highest BCUT2D eigenvalue weighted by atomic mass is 35.5. The summed E-state index contributed by atoms with van der Waals surface area (Å²) in [4.78, 5) is 18.4. The van der Waals surface area contributed by atoms with E-state index in [2.05, 4.69) is 14.7 Å². The summed E-state index contributed by atoms with van der Waals surface area (Å²) in [5.41, 5.74) is 0.185. The topological polar surface area (TPSA) is 92.5 Å². The van der Waals surface area contributed by atoms with Gasteiger partial charge in [-0.2, -0.15) is 0 Å². The molecule has 0 amide bonds. The smallest absolute Gasteiger partial charge is 0.338 e. The number of esters is 1. The van der Waals surface area contributed by atoms with Gasteiger partial charge in [0.1, 0.15) is 6.10 Å². The molecule has 2 unspecified atom stereocenters. The van der Waals surface area contributed by atoms with Crippen molar-refractivity contribution in [2.75, 3.05) is 6.61 Å². The van der Waals surface area contributed by atoms with Gasteiger partial charge in [0, 0.05) is 18.0 Å². The molecule has 6 nitrogen and oxygen atoms in total. The van der Waals surface area contributed by atoms with E-state index in [4.69, 9.17) is 11.6 Å². The molecule has 0 bridgehead atoms. The summed E-state index contributed by atoms with van der Waals surface area (Å²) < 4.78 is 4.55. The van der Waals surface area contributed by atoms with Crippen molar-refractivity contribution in [3.8, 4) is 0 Å². The molecule has 1 rings (SSSR count). The number of aliphatic hydroxyl groups excluding tert-OH is 2. The lowest BCUT2D eigenvalue weighted by Crippen LogP contribution is -2.30. The van der Waals surface area contributed by atoms with Crippen LogP contribution in [0.5, 0.6) is 0 Å². The van der Waals surface area contributed by atoms with Crippen LogP contribution < -0.4 is 0 Å². The molecule has 0 aliphatic carbocycles. The number of ether oxygens (including phenoxy) is 1. The van der Waals surface area contributed by atoms with Crippen LogP contribution >= 0.6 is 11.6 Å². The third kappa shape index (κ3) is 3.13. The molecule has 0 saturated heterocycles. The van der Waals surface area contributed by atoms with E-state index in [0.717, 1.165) is 0 Å². The van der Waals surface area contributed by atoms with Crippen LogP contribution in [0.4, 0.5) is 0 Å². The zero-order chi connectivity index (χ0) is 12.1. The fourth-order valence-electron chi connectivity index (χ4n) is 1.01. The normalized spacial score (nSPS) is 14.2. The summed E-state index contributed by atoms with van der Waals surface area (Å²) in [6.07, 6.45) is -0.647. The van der Waals surface area contributed by atoms with Gasteiger partial charge in [-0.05, 0) is 18.5 Å². The third-order valence-corrected chi connectivity index (χ3v) is 2.00. The van der Waals surface area contributed by atoms with Crippen molar-refractivity contribution in [1.29, 1.82) is 0 Å². The summed E-state index contributed by atoms with van der Waals surface area (Å²) in [5, 5.41) is 19.0. The van der Waals surface area contributed by atoms with E-state index in [1.165, 1.54) is 12.4 Å². The van der Waals surface area contributed by atoms with Gasteiger partial charge < -0.3 is 14.9 Å². The SMILES string of the molecule is CCOC(=O)C(O)C(O)c1cnc(Cl)nc1. The Bertz CT molecular complexity index is 357. The van der Waals surface area contributed by atoms with Gasteiger partial charge in [0.05, 0.1) is 6.61 Å². The van der Waals surface area contributed by atoms with Gasteiger partial charge in [-0.1, -0.05) is 0 Å². The molecule has 1 aromatic rings. The number of halogens is 1. The molecule has 2 atom stereocenters. The monoisotopic (exact) mass is 246 g/mol. The molecule has 16 heavy (non-hydrogen) atoms. The van der Waals surface area contributed by atoms with Gasteiger partial charge in [0.15, 0.2) is 6.10 Å². The fraction of sp³-hybridized carbons (Fsp3) is 0.444. The second kappa shape index (κ2) is 5.74.